The molecular weight excluding hydrogens is 278 g/mol. The van der Waals surface area contributed by atoms with Gasteiger partial charge in [-0.15, -0.1) is 6.58 Å². The van der Waals surface area contributed by atoms with Crippen LogP contribution in [-0.4, -0.2) is 60.0 Å². The molecule has 1 aromatic rings. The topological polar surface area (TPSA) is 61.4 Å². The normalized spacial score (nSPS) is 15.6. The Bertz CT molecular complexity index is 523. The van der Waals surface area contributed by atoms with Gasteiger partial charge < -0.3 is 10.2 Å². The van der Waals surface area contributed by atoms with E-state index in [1.165, 1.54) is 5.56 Å². The molecule has 0 bridgehead atoms. The Hall–Kier alpha value is -1.95. The molecule has 1 fully saturated rings. The van der Waals surface area contributed by atoms with Crippen molar-refractivity contribution in [2.24, 2.45) is 0 Å². The predicted octanol–water partition coefficient (Wildman–Crippen LogP) is 0.772. The zero-order valence-corrected chi connectivity index (χ0v) is 13.5. The third-order valence-corrected chi connectivity index (χ3v) is 3.97. The van der Waals surface area contributed by atoms with E-state index in [0.717, 1.165) is 44.1 Å². The Kier molecular flexibility index (Phi) is 5.89. The van der Waals surface area contributed by atoms with Crippen LogP contribution in [-0.2, 0) is 11.2 Å². The van der Waals surface area contributed by atoms with Crippen LogP contribution in [0.1, 0.15) is 18.2 Å². The first-order chi connectivity index (χ1) is 10.7. The molecule has 2 rings (SSSR count). The summed E-state index contributed by atoms with van der Waals surface area (Å²) in [6, 6.07) is 0. The molecule has 6 nitrogen and oxygen atoms in total. The number of carbonyl (C=O) groups is 1. The molecule has 0 spiro atoms. The van der Waals surface area contributed by atoms with Crippen LogP contribution in [0.4, 0.5) is 5.82 Å². The summed E-state index contributed by atoms with van der Waals surface area (Å²) in [6.45, 7) is 12.3. The Balaban J connectivity index is 1.91. The number of nitrogens with zero attached hydrogens (tertiary/aromatic N) is 4. The summed E-state index contributed by atoms with van der Waals surface area (Å²) in [7, 11) is 0. The number of hydrogen-bond donors (Lipinski definition) is 1. The summed E-state index contributed by atoms with van der Waals surface area (Å²) >= 11 is 0. The van der Waals surface area contributed by atoms with Crippen molar-refractivity contribution < 1.29 is 4.79 Å². The van der Waals surface area contributed by atoms with Gasteiger partial charge in [-0.1, -0.05) is 13.0 Å². The summed E-state index contributed by atoms with van der Waals surface area (Å²) in [5.41, 5.74) is 2.28. The van der Waals surface area contributed by atoms with E-state index in [9.17, 15) is 4.79 Å². The molecule has 22 heavy (non-hydrogen) atoms. The van der Waals surface area contributed by atoms with E-state index in [-0.39, 0.29) is 5.91 Å². The second-order valence-corrected chi connectivity index (χ2v) is 5.47. The van der Waals surface area contributed by atoms with Crippen molar-refractivity contribution in [1.29, 1.82) is 0 Å². The molecule has 120 valence electrons. The highest BCUT2D eigenvalue weighted by Crippen LogP contribution is 2.21. The van der Waals surface area contributed by atoms with E-state index in [4.69, 9.17) is 0 Å². The highest BCUT2D eigenvalue weighted by molar-refractivity contribution is 5.78. The average molecular weight is 303 g/mol. The zero-order valence-electron chi connectivity index (χ0n) is 13.5. The highest BCUT2D eigenvalue weighted by Gasteiger charge is 2.21. The number of aryl methyl sites for hydroxylation is 1. The molecule has 1 aliphatic rings. The zero-order chi connectivity index (χ0) is 15.9. The van der Waals surface area contributed by atoms with Crippen LogP contribution in [0.15, 0.2) is 19.0 Å². The van der Waals surface area contributed by atoms with Crippen LogP contribution < -0.4 is 10.2 Å². The molecule has 0 radical (unpaired) electrons. The molecule has 1 amide bonds. The fourth-order valence-corrected chi connectivity index (χ4v) is 2.74. The van der Waals surface area contributed by atoms with E-state index in [2.05, 4.69) is 38.6 Å². The fourth-order valence-electron chi connectivity index (χ4n) is 2.74. The van der Waals surface area contributed by atoms with Crippen molar-refractivity contribution >= 4 is 11.7 Å². The maximum Gasteiger partial charge on any atom is 0.234 e. The lowest BCUT2D eigenvalue weighted by atomic mass is 10.1. The Morgan fingerprint density at radius 3 is 2.73 bits per heavy atom. The van der Waals surface area contributed by atoms with Crippen molar-refractivity contribution in [2.45, 2.75) is 20.3 Å². The summed E-state index contributed by atoms with van der Waals surface area (Å²) in [5.74, 6) is 1.10. The smallest absolute Gasteiger partial charge is 0.234 e. The van der Waals surface area contributed by atoms with E-state index in [1.54, 1.807) is 12.4 Å². The lowest BCUT2D eigenvalue weighted by molar-refractivity contribution is -0.122. The SMILES string of the molecule is C=CCNC(=O)CN1CCN(c2ncnc(C)c2CC)CC1. The van der Waals surface area contributed by atoms with Crippen molar-refractivity contribution in [1.82, 2.24) is 20.2 Å². The molecule has 0 saturated carbocycles. The molecule has 1 saturated heterocycles. The van der Waals surface area contributed by atoms with Gasteiger partial charge in [0.1, 0.15) is 12.1 Å². The van der Waals surface area contributed by atoms with E-state index in [0.29, 0.717) is 13.1 Å². The van der Waals surface area contributed by atoms with Gasteiger partial charge in [-0.3, -0.25) is 9.69 Å². The Morgan fingerprint density at radius 2 is 2.09 bits per heavy atom. The number of amides is 1. The van der Waals surface area contributed by atoms with Crippen LogP contribution >= 0.6 is 0 Å². The molecule has 6 heteroatoms. The van der Waals surface area contributed by atoms with Crippen molar-refractivity contribution in [2.75, 3.05) is 44.2 Å². The summed E-state index contributed by atoms with van der Waals surface area (Å²) in [6.07, 6.45) is 4.27. The van der Waals surface area contributed by atoms with Crippen LogP contribution in [0.25, 0.3) is 0 Å². The minimum Gasteiger partial charge on any atom is -0.354 e. The van der Waals surface area contributed by atoms with Crippen LogP contribution in [0.3, 0.4) is 0 Å². The maximum atomic E-state index is 11.7. The number of hydrogen-bond acceptors (Lipinski definition) is 5. The molecule has 0 aliphatic carbocycles. The lowest BCUT2D eigenvalue weighted by Crippen LogP contribution is -2.50. The van der Waals surface area contributed by atoms with E-state index < -0.39 is 0 Å². The molecule has 1 aromatic heterocycles. The lowest BCUT2D eigenvalue weighted by Gasteiger charge is -2.35. The second-order valence-electron chi connectivity index (χ2n) is 5.47. The van der Waals surface area contributed by atoms with Crippen molar-refractivity contribution in [3.63, 3.8) is 0 Å². The van der Waals surface area contributed by atoms with E-state index in [1.807, 2.05) is 6.92 Å². The first kappa shape index (κ1) is 16.4. The van der Waals surface area contributed by atoms with Crippen LogP contribution in [0, 0.1) is 6.92 Å². The molecule has 2 heterocycles. The van der Waals surface area contributed by atoms with Gasteiger partial charge in [0.05, 0.1) is 6.54 Å². The summed E-state index contributed by atoms with van der Waals surface area (Å²) in [4.78, 5) is 25.0. The van der Waals surface area contributed by atoms with Gasteiger partial charge in [0.25, 0.3) is 0 Å². The molecule has 0 unspecified atom stereocenters. The first-order valence-electron chi connectivity index (χ1n) is 7.81. The van der Waals surface area contributed by atoms with Gasteiger partial charge in [0.2, 0.25) is 5.91 Å². The van der Waals surface area contributed by atoms with Gasteiger partial charge in [0, 0.05) is 44.0 Å². The quantitative estimate of drug-likeness (QED) is 0.787. The average Bonchev–Trinajstić information content (AvgIpc) is 2.53. The molecule has 0 aromatic carbocycles. The first-order valence-corrected chi connectivity index (χ1v) is 7.81. The third kappa shape index (κ3) is 4.04. The Morgan fingerprint density at radius 1 is 1.36 bits per heavy atom. The number of piperazine rings is 1. The molecule has 1 aliphatic heterocycles. The fraction of sp³-hybridized carbons (Fsp3) is 0.562. The number of aromatic nitrogens is 2. The number of anilines is 1. The molecule has 0 atom stereocenters. The number of carbonyl (C=O) groups excluding carboxylic acids is 1. The largest absolute Gasteiger partial charge is 0.354 e. The van der Waals surface area contributed by atoms with Gasteiger partial charge in [-0.2, -0.15) is 0 Å². The molecule has 1 N–H and O–H groups in total. The van der Waals surface area contributed by atoms with Gasteiger partial charge in [-0.05, 0) is 13.3 Å². The summed E-state index contributed by atoms with van der Waals surface area (Å²) in [5, 5.41) is 2.82. The predicted molar refractivity (Wildman–Crippen MR) is 88.0 cm³/mol. The standard InChI is InChI=1S/C16H25N5O/c1-4-6-17-15(22)11-20-7-9-21(10-8-20)16-14(5-2)13(3)18-12-19-16/h4,12H,1,5-11H2,2-3H3,(H,17,22). The summed E-state index contributed by atoms with van der Waals surface area (Å²) < 4.78 is 0. The highest BCUT2D eigenvalue weighted by atomic mass is 16.2. The minimum absolute atomic E-state index is 0.0560. The number of rotatable bonds is 6. The van der Waals surface area contributed by atoms with Crippen molar-refractivity contribution in [3.8, 4) is 0 Å². The van der Waals surface area contributed by atoms with Gasteiger partial charge >= 0.3 is 0 Å². The monoisotopic (exact) mass is 303 g/mol. The van der Waals surface area contributed by atoms with Crippen LogP contribution in [0.2, 0.25) is 0 Å². The molecular formula is C16H25N5O. The van der Waals surface area contributed by atoms with Gasteiger partial charge in [-0.25, -0.2) is 9.97 Å². The number of nitrogens with one attached hydrogen (secondary N) is 1. The van der Waals surface area contributed by atoms with Crippen LogP contribution in [0.5, 0.6) is 0 Å². The van der Waals surface area contributed by atoms with Crippen molar-refractivity contribution in [3.05, 3.63) is 30.2 Å². The Labute approximate surface area is 132 Å². The second kappa shape index (κ2) is 7.89. The van der Waals surface area contributed by atoms with E-state index >= 15 is 0 Å². The van der Waals surface area contributed by atoms with Gasteiger partial charge in [0.15, 0.2) is 0 Å². The maximum absolute atomic E-state index is 11.7. The minimum atomic E-state index is 0.0560. The third-order valence-electron chi connectivity index (χ3n) is 3.97.